The van der Waals surface area contributed by atoms with Crippen LogP contribution in [0.5, 0.6) is 0 Å². The molecular formula is C48H91NO13. The third-order valence-electron chi connectivity index (χ3n) is 12.5. The van der Waals surface area contributed by atoms with Crippen LogP contribution in [0.4, 0.5) is 0 Å². The first-order valence-corrected chi connectivity index (χ1v) is 24.9. The van der Waals surface area contributed by atoms with Crippen LogP contribution in [0.1, 0.15) is 194 Å². The van der Waals surface area contributed by atoms with Gasteiger partial charge < -0.3 is 65.1 Å². The van der Waals surface area contributed by atoms with Crippen molar-refractivity contribution in [2.24, 2.45) is 0 Å². The largest absolute Gasteiger partial charge is 0.394 e. The highest BCUT2D eigenvalue weighted by Gasteiger charge is 2.51. The van der Waals surface area contributed by atoms with Crippen molar-refractivity contribution < 1.29 is 64.6 Å². The number of rotatable bonds is 38. The van der Waals surface area contributed by atoms with Crippen molar-refractivity contribution in [2.45, 2.75) is 267 Å². The highest BCUT2D eigenvalue weighted by molar-refractivity contribution is 5.76. The Morgan fingerprint density at radius 1 is 0.565 bits per heavy atom. The van der Waals surface area contributed by atoms with E-state index < -0.39 is 86.8 Å². The second kappa shape index (κ2) is 35.9. The zero-order chi connectivity index (χ0) is 45.4. The van der Waals surface area contributed by atoms with Crippen molar-refractivity contribution in [3.63, 3.8) is 0 Å². The predicted molar refractivity (Wildman–Crippen MR) is 240 cm³/mol. The van der Waals surface area contributed by atoms with Crippen LogP contribution in [0.15, 0.2) is 12.2 Å². The highest BCUT2D eigenvalue weighted by Crippen LogP contribution is 2.30. The summed E-state index contributed by atoms with van der Waals surface area (Å²) >= 11 is 0. The van der Waals surface area contributed by atoms with Gasteiger partial charge in [0.05, 0.1) is 32.0 Å². The summed E-state index contributed by atoms with van der Waals surface area (Å²) in [5.41, 5.74) is 0. The molecule has 2 aliphatic heterocycles. The maximum absolute atomic E-state index is 13.1. The maximum Gasteiger partial charge on any atom is 0.220 e. The molecule has 2 aliphatic rings. The van der Waals surface area contributed by atoms with E-state index in [0.717, 1.165) is 38.5 Å². The summed E-state index contributed by atoms with van der Waals surface area (Å²) in [4.78, 5) is 13.1. The molecule has 9 N–H and O–H groups in total. The van der Waals surface area contributed by atoms with Gasteiger partial charge in [-0.3, -0.25) is 4.79 Å². The van der Waals surface area contributed by atoms with E-state index in [1.54, 1.807) is 6.08 Å². The van der Waals surface area contributed by atoms with Crippen molar-refractivity contribution >= 4 is 5.91 Å². The molecule has 0 bridgehead atoms. The van der Waals surface area contributed by atoms with Crippen LogP contribution >= 0.6 is 0 Å². The van der Waals surface area contributed by atoms with Crippen LogP contribution in [0.2, 0.25) is 0 Å². The summed E-state index contributed by atoms with van der Waals surface area (Å²) < 4.78 is 22.7. The van der Waals surface area contributed by atoms with Gasteiger partial charge in [0.1, 0.15) is 48.8 Å². The van der Waals surface area contributed by atoms with Crippen molar-refractivity contribution in [3.05, 3.63) is 12.2 Å². The first-order valence-electron chi connectivity index (χ1n) is 24.9. The number of hydrogen-bond acceptors (Lipinski definition) is 13. The minimum absolute atomic E-state index is 0.238. The molecule has 1 amide bonds. The van der Waals surface area contributed by atoms with E-state index in [-0.39, 0.29) is 18.9 Å². The number of nitrogens with one attached hydrogen (secondary N) is 1. The van der Waals surface area contributed by atoms with E-state index >= 15 is 0 Å². The van der Waals surface area contributed by atoms with Crippen molar-refractivity contribution in [1.29, 1.82) is 0 Å². The van der Waals surface area contributed by atoms with E-state index in [0.29, 0.717) is 6.42 Å². The second-order valence-electron chi connectivity index (χ2n) is 18.0. The Morgan fingerprint density at radius 3 is 1.48 bits per heavy atom. The lowest BCUT2D eigenvalue weighted by atomic mass is 9.97. The number of amides is 1. The Bertz CT molecular complexity index is 1100. The molecule has 0 aromatic carbocycles. The van der Waals surface area contributed by atoms with Gasteiger partial charge in [-0.2, -0.15) is 0 Å². The summed E-state index contributed by atoms with van der Waals surface area (Å²) in [6.45, 7) is 2.78. The fraction of sp³-hybridized carbons (Fsp3) is 0.938. The molecule has 2 rings (SSSR count). The number of unbranched alkanes of at least 4 members (excludes halogenated alkanes) is 25. The Balaban J connectivity index is 1.86. The lowest BCUT2D eigenvalue weighted by Gasteiger charge is -2.46. The summed E-state index contributed by atoms with van der Waals surface area (Å²) in [5, 5.41) is 86.6. The smallest absolute Gasteiger partial charge is 0.220 e. The van der Waals surface area contributed by atoms with Gasteiger partial charge in [0.2, 0.25) is 5.91 Å². The van der Waals surface area contributed by atoms with E-state index in [2.05, 4.69) is 19.2 Å². The Kier molecular flexibility index (Phi) is 32.9. The molecule has 2 saturated heterocycles. The van der Waals surface area contributed by atoms with Gasteiger partial charge in [-0.15, -0.1) is 0 Å². The summed E-state index contributed by atoms with van der Waals surface area (Å²) in [7, 11) is 0. The number of aliphatic hydroxyl groups excluding tert-OH is 8. The molecule has 14 heteroatoms. The van der Waals surface area contributed by atoms with Crippen LogP contribution in [-0.4, -0.2) is 140 Å². The minimum atomic E-state index is -1.78. The number of allylic oxidation sites excluding steroid dienone is 1. The molecule has 62 heavy (non-hydrogen) atoms. The molecule has 0 aromatic rings. The fourth-order valence-corrected chi connectivity index (χ4v) is 8.35. The molecule has 0 spiro atoms. The average molecular weight is 890 g/mol. The molecular weight excluding hydrogens is 799 g/mol. The van der Waals surface area contributed by atoms with Crippen LogP contribution < -0.4 is 5.32 Å². The van der Waals surface area contributed by atoms with Crippen LogP contribution in [-0.2, 0) is 23.7 Å². The molecule has 0 aliphatic carbocycles. The molecule has 2 heterocycles. The number of carbonyl (C=O) groups is 1. The lowest BCUT2D eigenvalue weighted by Crippen LogP contribution is -2.65. The number of hydrogen-bond donors (Lipinski definition) is 9. The maximum atomic E-state index is 13.1. The Hall–Kier alpha value is -1.27. The van der Waals surface area contributed by atoms with Crippen LogP contribution in [0, 0.1) is 0 Å². The molecule has 0 saturated carbocycles. The zero-order valence-corrected chi connectivity index (χ0v) is 38.6. The van der Waals surface area contributed by atoms with Gasteiger partial charge in [-0.05, 0) is 19.3 Å². The minimum Gasteiger partial charge on any atom is -0.394 e. The SMILES string of the molecule is CCCCCCCCCCCCCC=CC(O)C(COC1OC(CO)C(OC2OC(CO)C(O)C(O)C2O)C(O)C1O)NC(=O)CCCCCCCCCCCCCCCCC. The topological polar surface area (TPSA) is 228 Å². The summed E-state index contributed by atoms with van der Waals surface area (Å²) in [6.07, 6.45) is 19.6. The number of carbonyl (C=O) groups excluding carboxylic acids is 1. The van der Waals surface area contributed by atoms with Gasteiger partial charge in [-0.1, -0.05) is 180 Å². The van der Waals surface area contributed by atoms with Gasteiger partial charge in [-0.25, -0.2) is 0 Å². The number of ether oxygens (including phenoxy) is 4. The van der Waals surface area contributed by atoms with Gasteiger partial charge in [0.25, 0.3) is 0 Å². The summed E-state index contributed by atoms with van der Waals surface area (Å²) in [6, 6.07) is -0.906. The van der Waals surface area contributed by atoms with E-state index in [1.807, 2.05) is 6.08 Å². The van der Waals surface area contributed by atoms with Gasteiger partial charge in [0.15, 0.2) is 12.6 Å². The first-order chi connectivity index (χ1) is 30.1. The molecule has 0 aromatic heterocycles. The van der Waals surface area contributed by atoms with Gasteiger partial charge >= 0.3 is 0 Å². The highest BCUT2D eigenvalue weighted by atomic mass is 16.7. The molecule has 12 unspecified atom stereocenters. The standard InChI is InChI=1S/C48H91NO13/c1-3-5-7-9-11-13-15-17-18-20-22-24-26-28-30-32-40(53)49-36(37(52)31-29-27-25-23-21-19-16-14-12-10-8-6-4-2)35-59-47-45(58)43(56)46(39(34-51)61-47)62-48-44(57)42(55)41(54)38(33-50)60-48/h29,31,36-39,41-48,50-52,54-58H,3-28,30,32-35H2,1-2H3,(H,49,53). The molecule has 14 nitrogen and oxygen atoms in total. The van der Waals surface area contributed by atoms with E-state index in [1.165, 1.54) is 128 Å². The predicted octanol–water partition coefficient (Wildman–Crippen LogP) is 5.99. The number of aliphatic hydroxyl groups is 8. The molecule has 12 atom stereocenters. The van der Waals surface area contributed by atoms with Gasteiger partial charge in [0, 0.05) is 6.42 Å². The van der Waals surface area contributed by atoms with Crippen molar-refractivity contribution in [2.75, 3.05) is 19.8 Å². The molecule has 2 fully saturated rings. The van der Waals surface area contributed by atoms with Crippen LogP contribution in [0.3, 0.4) is 0 Å². The van der Waals surface area contributed by atoms with Crippen molar-refractivity contribution in [3.8, 4) is 0 Å². The molecule has 0 radical (unpaired) electrons. The summed E-state index contributed by atoms with van der Waals surface area (Å²) in [5.74, 6) is -0.238. The quantitative estimate of drug-likeness (QED) is 0.0257. The van der Waals surface area contributed by atoms with E-state index in [4.69, 9.17) is 18.9 Å². The molecule has 366 valence electrons. The second-order valence-corrected chi connectivity index (χ2v) is 18.0. The Morgan fingerprint density at radius 2 is 1.00 bits per heavy atom. The third-order valence-corrected chi connectivity index (χ3v) is 12.5. The van der Waals surface area contributed by atoms with Crippen molar-refractivity contribution in [1.82, 2.24) is 5.32 Å². The Labute approximate surface area is 374 Å². The lowest BCUT2D eigenvalue weighted by molar-refractivity contribution is -0.359. The first kappa shape index (κ1) is 56.9. The van der Waals surface area contributed by atoms with Crippen LogP contribution in [0.25, 0.3) is 0 Å². The monoisotopic (exact) mass is 890 g/mol. The zero-order valence-electron chi connectivity index (χ0n) is 38.6. The third kappa shape index (κ3) is 23.3. The average Bonchev–Trinajstić information content (AvgIpc) is 3.27. The van der Waals surface area contributed by atoms with E-state index in [9.17, 15) is 45.6 Å². The fourth-order valence-electron chi connectivity index (χ4n) is 8.35. The normalized spacial score (nSPS) is 27.8.